The summed E-state index contributed by atoms with van der Waals surface area (Å²) in [5.74, 6) is 0.675. The minimum Gasteiger partial charge on any atom is -0.489 e. The van der Waals surface area contributed by atoms with Gasteiger partial charge in [-0.1, -0.05) is 12.1 Å². The van der Waals surface area contributed by atoms with Gasteiger partial charge in [-0.15, -0.1) is 0 Å². The third-order valence-electron chi connectivity index (χ3n) is 3.74. The normalized spacial score (nSPS) is 10.8. The van der Waals surface area contributed by atoms with E-state index >= 15 is 0 Å². The molecule has 0 aliphatic rings. The minimum absolute atomic E-state index is 0.0686. The van der Waals surface area contributed by atoms with Crippen LogP contribution in [0.15, 0.2) is 48.7 Å². The number of rotatable bonds is 6. The van der Waals surface area contributed by atoms with Gasteiger partial charge in [0.15, 0.2) is 0 Å². The van der Waals surface area contributed by atoms with Gasteiger partial charge in [-0.05, 0) is 42.8 Å². The summed E-state index contributed by atoms with van der Waals surface area (Å²) in [4.78, 5) is 13.8. The molecule has 1 aromatic heterocycles. The van der Waals surface area contributed by atoms with Crippen LogP contribution in [-0.4, -0.2) is 16.5 Å². The molecule has 0 aliphatic carbocycles. The van der Waals surface area contributed by atoms with Crippen molar-refractivity contribution >= 4 is 16.6 Å². The Morgan fingerprint density at radius 3 is 2.78 bits per heavy atom. The number of H-pyrrole nitrogens is 1. The third kappa shape index (κ3) is 3.17. The van der Waals surface area contributed by atoms with Gasteiger partial charge in [-0.3, -0.25) is 10.1 Å². The number of aromatic amines is 1. The maximum absolute atomic E-state index is 11.0. The molecule has 0 unspecified atom stereocenters. The van der Waals surface area contributed by atoms with E-state index in [1.165, 1.54) is 6.07 Å². The van der Waals surface area contributed by atoms with Crippen molar-refractivity contribution in [2.75, 3.05) is 6.54 Å². The van der Waals surface area contributed by atoms with Gasteiger partial charge in [-0.25, -0.2) is 0 Å². The van der Waals surface area contributed by atoms with E-state index in [4.69, 9.17) is 10.5 Å². The highest BCUT2D eigenvalue weighted by Gasteiger charge is 2.13. The van der Waals surface area contributed by atoms with Gasteiger partial charge < -0.3 is 15.5 Å². The van der Waals surface area contributed by atoms with E-state index < -0.39 is 4.92 Å². The van der Waals surface area contributed by atoms with Crippen molar-refractivity contribution in [1.29, 1.82) is 0 Å². The van der Waals surface area contributed by atoms with E-state index in [1.54, 1.807) is 18.2 Å². The summed E-state index contributed by atoms with van der Waals surface area (Å²) in [6, 6.07) is 12.3. The number of nitro groups is 1. The van der Waals surface area contributed by atoms with Crippen LogP contribution in [-0.2, 0) is 13.0 Å². The first-order chi connectivity index (χ1) is 11.2. The van der Waals surface area contributed by atoms with Crippen LogP contribution in [0, 0.1) is 10.1 Å². The second-order valence-electron chi connectivity index (χ2n) is 5.23. The molecule has 118 valence electrons. The lowest BCUT2D eigenvalue weighted by atomic mass is 10.1. The molecule has 1 heterocycles. The maximum atomic E-state index is 11.0. The van der Waals surface area contributed by atoms with Gasteiger partial charge in [0.2, 0.25) is 0 Å². The molecule has 3 aromatic rings. The van der Waals surface area contributed by atoms with Crippen molar-refractivity contribution in [2.45, 2.75) is 13.0 Å². The molecule has 0 saturated heterocycles. The first kappa shape index (κ1) is 15.1. The fourth-order valence-electron chi connectivity index (χ4n) is 2.58. The average molecular weight is 311 g/mol. The topological polar surface area (TPSA) is 94.2 Å². The molecule has 0 saturated carbocycles. The number of nitro benzene ring substituents is 1. The quantitative estimate of drug-likeness (QED) is 0.540. The Balaban J connectivity index is 1.82. The first-order valence-corrected chi connectivity index (χ1v) is 7.34. The summed E-state index contributed by atoms with van der Waals surface area (Å²) in [5, 5.41) is 12.1. The predicted molar refractivity (Wildman–Crippen MR) is 88.5 cm³/mol. The smallest absolute Gasteiger partial charge is 0.276 e. The van der Waals surface area contributed by atoms with Crippen LogP contribution in [0.2, 0.25) is 0 Å². The molecular formula is C17H17N3O3. The molecule has 3 rings (SSSR count). The Morgan fingerprint density at radius 1 is 1.17 bits per heavy atom. The van der Waals surface area contributed by atoms with Crippen LogP contribution < -0.4 is 10.5 Å². The Labute approximate surface area is 133 Å². The second-order valence-corrected chi connectivity index (χ2v) is 5.23. The first-order valence-electron chi connectivity index (χ1n) is 7.34. The number of fused-ring (bicyclic) bond motifs is 1. The number of benzene rings is 2. The van der Waals surface area contributed by atoms with Crippen LogP contribution in [0.25, 0.3) is 10.9 Å². The summed E-state index contributed by atoms with van der Waals surface area (Å²) < 4.78 is 5.74. The zero-order chi connectivity index (χ0) is 16.2. The molecule has 0 aliphatic heterocycles. The van der Waals surface area contributed by atoms with Crippen LogP contribution in [0.5, 0.6) is 5.75 Å². The van der Waals surface area contributed by atoms with Crippen molar-refractivity contribution in [1.82, 2.24) is 4.98 Å². The zero-order valence-electron chi connectivity index (χ0n) is 12.5. The second kappa shape index (κ2) is 6.50. The van der Waals surface area contributed by atoms with Crippen molar-refractivity contribution < 1.29 is 9.66 Å². The van der Waals surface area contributed by atoms with Crippen molar-refractivity contribution in [2.24, 2.45) is 5.73 Å². The van der Waals surface area contributed by atoms with Crippen LogP contribution in [0.4, 0.5) is 5.69 Å². The molecule has 0 fully saturated rings. The van der Waals surface area contributed by atoms with Gasteiger partial charge in [0.1, 0.15) is 12.4 Å². The lowest BCUT2D eigenvalue weighted by molar-refractivity contribution is -0.385. The molecule has 6 nitrogen and oxygen atoms in total. The summed E-state index contributed by atoms with van der Waals surface area (Å²) in [6.45, 7) is 0.730. The molecule has 0 atom stereocenters. The molecule has 0 amide bonds. The van der Waals surface area contributed by atoms with Gasteiger partial charge in [0.05, 0.1) is 10.5 Å². The summed E-state index contributed by atoms with van der Waals surface area (Å²) >= 11 is 0. The average Bonchev–Trinajstić information content (AvgIpc) is 2.96. The number of nitrogens with one attached hydrogen (secondary N) is 1. The highest BCUT2D eigenvalue weighted by molar-refractivity contribution is 5.84. The van der Waals surface area contributed by atoms with E-state index in [1.807, 2.05) is 24.4 Å². The Morgan fingerprint density at radius 2 is 2.00 bits per heavy atom. The molecule has 0 radical (unpaired) electrons. The van der Waals surface area contributed by atoms with E-state index in [0.29, 0.717) is 17.9 Å². The van der Waals surface area contributed by atoms with Crippen LogP contribution in [0.3, 0.4) is 0 Å². The standard InChI is InChI=1S/C17H17N3O3/c18-8-7-12-10-19-16-6-5-14(9-15(12)16)23-11-13-3-1-2-4-17(13)20(21)22/h1-6,9-10,19H,7-8,11,18H2. The van der Waals surface area contributed by atoms with Gasteiger partial charge >= 0.3 is 0 Å². The lowest BCUT2D eigenvalue weighted by Gasteiger charge is -2.07. The lowest BCUT2D eigenvalue weighted by Crippen LogP contribution is -2.02. The van der Waals surface area contributed by atoms with Crippen molar-refractivity contribution in [3.63, 3.8) is 0 Å². The zero-order valence-corrected chi connectivity index (χ0v) is 12.5. The largest absolute Gasteiger partial charge is 0.489 e. The minimum atomic E-state index is -0.395. The monoisotopic (exact) mass is 311 g/mol. The maximum Gasteiger partial charge on any atom is 0.276 e. The van der Waals surface area contributed by atoms with Gasteiger partial charge in [0, 0.05) is 23.2 Å². The van der Waals surface area contributed by atoms with E-state index in [2.05, 4.69) is 4.98 Å². The number of aromatic nitrogens is 1. The van der Waals surface area contributed by atoms with Crippen molar-refractivity contribution in [3.8, 4) is 5.75 Å². The Bertz CT molecular complexity index is 842. The number of nitrogens with zero attached hydrogens (tertiary/aromatic N) is 1. The highest BCUT2D eigenvalue weighted by Crippen LogP contribution is 2.26. The van der Waals surface area contributed by atoms with E-state index in [0.717, 1.165) is 22.9 Å². The predicted octanol–water partition coefficient (Wildman–Crippen LogP) is 3.16. The molecular weight excluding hydrogens is 294 g/mol. The number of hydrogen-bond donors (Lipinski definition) is 2. The van der Waals surface area contributed by atoms with Gasteiger partial charge in [-0.2, -0.15) is 0 Å². The molecule has 0 bridgehead atoms. The van der Waals surface area contributed by atoms with E-state index in [9.17, 15) is 10.1 Å². The van der Waals surface area contributed by atoms with Crippen LogP contribution in [0.1, 0.15) is 11.1 Å². The molecule has 0 spiro atoms. The SMILES string of the molecule is NCCc1c[nH]c2ccc(OCc3ccccc3[N+](=O)[O-])cc12. The summed E-state index contributed by atoms with van der Waals surface area (Å²) in [7, 11) is 0. The van der Waals surface area contributed by atoms with E-state index in [-0.39, 0.29) is 12.3 Å². The number of ether oxygens (including phenoxy) is 1. The Hall–Kier alpha value is -2.86. The third-order valence-corrected chi connectivity index (χ3v) is 3.74. The summed E-state index contributed by atoms with van der Waals surface area (Å²) in [6.07, 6.45) is 2.73. The fourth-order valence-corrected chi connectivity index (χ4v) is 2.58. The fraction of sp³-hybridized carbons (Fsp3) is 0.176. The molecule has 6 heteroatoms. The van der Waals surface area contributed by atoms with Gasteiger partial charge in [0.25, 0.3) is 5.69 Å². The number of nitrogens with two attached hydrogens (primary N) is 1. The van der Waals surface area contributed by atoms with Crippen molar-refractivity contribution in [3.05, 3.63) is 69.9 Å². The number of hydrogen-bond acceptors (Lipinski definition) is 4. The molecule has 2 aromatic carbocycles. The molecule has 23 heavy (non-hydrogen) atoms. The Kier molecular flexibility index (Phi) is 4.25. The number of para-hydroxylation sites is 1. The highest BCUT2D eigenvalue weighted by atomic mass is 16.6. The van der Waals surface area contributed by atoms with Crippen LogP contribution >= 0.6 is 0 Å². The summed E-state index contributed by atoms with van der Waals surface area (Å²) in [5.41, 5.74) is 8.40. The molecule has 3 N–H and O–H groups in total.